The molecule has 0 aliphatic carbocycles. The van der Waals surface area contributed by atoms with Gasteiger partial charge in [-0.05, 0) is 40.7 Å². The minimum absolute atomic E-state index is 0.153. The first kappa shape index (κ1) is 12.5. The molecule has 0 aromatic heterocycles. The van der Waals surface area contributed by atoms with Gasteiger partial charge in [-0.3, -0.25) is 0 Å². The van der Waals surface area contributed by atoms with Crippen LogP contribution in [-0.4, -0.2) is 37.2 Å². The van der Waals surface area contributed by atoms with Crippen molar-refractivity contribution in [3.8, 4) is 0 Å². The molecule has 1 aliphatic rings. The minimum Gasteiger partial charge on any atom is -0.367 e. The van der Waals surface area contributed by atoms with Crippen LogP contribution in [0, 0.1) is 5.41 Å². The Labute approximate surface area is 91.9 Å². The van der Waals surface area contributed by atoms with E-state index in [0.717, 1.165) is 25.9 Å². The molecule has 1 aliphatic heterocycles. The second-order valence-electron chi connectivity index (χ2n) is 5.14. The van der Waals surface area contributed by atoms with E-state index in [1.807, 2.05) is 27.8 Å². The molecule has 1 N–H and O–H groups in total. The predicted molar refractivity (Wildman–Crippen MR) is 59.2 cm³/mol. The molecule has 15 heavy (non-hydrogen) atoms. The summed E-state index contributed by atoms with van der Waals surface area (Å²) in [6.45, 7) is 7.25. The summed E-state index contributed by atoms with van der Waals surface area (Å²) in [5.41, 5.74) is -0.424. The molecule has 0 spiro atoms. The van der Waals surface area contributed by atoms with Gasteiger partial charge in [0.2, 0.25) is 0 Å². The van der Waals surface area contributed by atoms with Crippen LogP contribution in [0.3, 0.4) is 0 Å². The van der Waals surface area contributed by atoms with E-state index in [9.17, 15) is 4.79 Å². The summed E-state index contributed by atoms with van der Waals surface area (Å²) in [7, 11) is 1.94. The molecular weight excluding hydrogens is 192 g/mol. The number of likely N-dealkylation sites (N-methyl/N-ethyl adjacent to an activating group) is 1. The van der Waals surface area contributed by atoms with Crippen LogP contribution >= 0.6 is 0 Å². The predicted octanol–water partition coefficient (Wildman–Crippen LogP) is 1.17. The van der Waals surface area contributed by atoms with Crippen LogP contribution in [-0.2, 0) is 9.63 Å². The van der Waals surface area contributed by atoms with Crippen molar-refractivity contribution in [2.24, 2.45) is 5.41 Å². The molecule has 0 saturated carbocycles. The van der Waals surface area contributed by atoms with Crippen LogP contribution in [0.2, 0.25) is 0 Å². The average molecular weight is 214 g/mol. The third-order valence-electron chi connectivity index (χ3n) is 2.62. The van der Waals surface area contributed by atoms with Crippen molar-refractivity contribution in [2.45, 2.75) is 39.7 Å². The minimum atomic E-state index is -0.424. The molecule has 88 valence electrons. The molecule has 0 unspecified atom stereocenters. The summed E-state index contributed by atoms with van der Waals surface area (Å²) < 4.78 is 0. The van der Waals surface area contributed by atoms with E-state index in [4.69, 9.17) is 4.84 Å². The summed E-state index contributed by atoms with van der Waals surface area (Å²) in [6, 6.07) is 0.437. The van der Waals surface area contributed by atoms with Gasteiger partial charge in [-0.2, -0.15) is 0 Å². The number of rotatable bonds is 2. The molecule has 4 nitrogen and oxygen atoms in total. The van der Waals surface area contributed by atoms with Crippen LogP contribution in [0.5, 0.6) is 0 Å². The maximum absolute atomic E-state index is 11.6. The van der Waals surface area contributed by atoms with Crippen molar-refractivity contribution in [1.29, 1.82) is 0 Å². The number of hydrogen-bond donors (Lipinski definition) is 1. The van der Waals surface area contributed by atoms with Crippen LogP contribution in [0.15, 0.2) is 0 Å². The smallest absolute Gasteiger partial charge is 0.330 e. The molecular formula is C11H22N2O2. The van der Waals surface area contributed by atoms with Gasteiger partial charge in [-0.15, -0.1) is 5.06 Å². The van der Waals surface area contributed by atoms with Gasteiger partial charge in [0, 0.05) is 12.6 Å². The normalized spacial score (nSPS) is 23.9. The molecule has 1 fully saturated rings. The van der Waals surface area contributed by atoms with Crippen molar-refractivity contribution in [2.75, 3.05) is 20.1 Å². The summed E-state index contributed by atoms with van der Waals surface area (Å²) in [6.07, 6.45) is 2.23. The quantitative estimate of drug-likeness (QED) is 0.749. The van der Waals surface area contributed by atoms with Crippen LogP contribution in [0.25, 0.3) is 0 Å². The number of hydrogen-bond acceptors (Lipinski definition) is 4. The third kappa shape index (κ3) is 3.80. The molecule has 1 atom stereocenters. The van der Waals surface area contributed by atoms with E-state index in [0.29, 0.717) is 6.04 Å². The van der Waals surface area contributed by atoms with Gasteiger partial charge in [0.1, 0.15) is 0 Å². The highest BCUT2D eigenvalue weighted by molar-refractivity contribution is 5.75. The Morgan fingerprint density at radius 3 is 2.67 bits per heavy atom. The lowest BCUT2D eigenvalue weighted by atomic mass is 9.98. The second-order valence-corrected chi connectivity index (χ2v) is 5.14. The summed E-state index contributed by atoms with van der Waals surface area (Å²) in [5.74, 6) is -0.153. The number of nitrogens with zero attached hydrogens (tertiary/aromatic N) is 1. The first-order chi connectivity index (χ1) is 6.93. The zero-order valence-corrected chi connectivity index (χ0v) is 10.2. The van der Waals surface area contributed by atoms with Gasteiger partial charge in [-0.25, -0.2) is 4.79 Å². The maximum Gasteiger partial charge on any atom is 0.330 e. The Hall–Kier alpha value is -0.610. The molecule has 0 amide bonds. The Kier molecular flexibility index (Phi) is 4.11. The van der Waals surface area contributed by atoms with Gasteiger partial charge in [-0.1, -0.05) is 0 Å². The highest BCUT2D eigenvalue weighted by Crippen LogP contribution is 2.18. The first-order valence-corrected chi connectivity index (χ1v) is 5.58. The molecule has 1 saturated heterocycles. The maximum atomic E-state index is 11.6. The Morgan fingerprint density at radius 2 is 2.13 bits per heavy atom. The fourth-order valence-electron chi connectivity index (χ4n) is 1.52. The Bertz CT molecular complexity index is 223. The average Bonchev–Trinajstić information content (AvgIpc) is 2.16. The largest absolute Gasteiger partial charge is 0.367 e. The monoisotopic (exact) mass is 214 g/mol. The van der Waals surface area contributed by atoms with Crippen LogP contribution in [0.1, 0.15) is 33.6 Å². The molecule has 0 aromatic rings. The zero-order valence-electron chi connectivity index (χ0n) is 10.2. The fourth-order valence-corrected chi connectivity index (χ4v) is 1.52. The number of nitrogens with one attached hydrogen (secondary N) is 1. The molecule has 0 aromatic carbocycles. The fraction of sp³-hybridized carbons (Fsp3) is 0.909. The van der Waals surface area contributed by atoms with E-state index < -0.39 is 5.41 Å². The lowest BCUT2D eigenvalue weighted by Gasteiger charge is -2.32. The SMILES string of the molecule is CN[C@H]1CCCN(OC(=O)C(C)(C)C)C1. The second kappa shape index (κ2) is 4.94. The number of hydroxylamine groups is 2. The van der Waals surface area contributed by atoms with Crippen molar-refractivity contribution in [3.63, 3.8) is 0 Å². The van der Waals surface area contributed by atoms with E-state index in [2.05, 4.69) is 5.32 Å². The highest BCUT2D eigenvalue weighted by Gasteiger charge is 2.28. The van der Waals surface area contributed by atoms with Crippen LogP contribution < -0.4 is 5.32 Å². The molecule has 1 rings (SSSR count). The first-order valence-electron chi connectivity index (χ1n) is 5.58. The van der Waals surface area contributed by atoms with Gasteiger partial charge in [0.25, 0.3) is 0 Å². The lowest BCUT2D eigenvalue weighted by molar-refractivity contribution is -0.205. The van der Waals surface area contributed by atoms with E-state index in [1.54, 1.807) is 5.06 Å². The zero-order chi connectivity index (χ0) is 11.5. The van der Waals surface area contributed by atoms with Gasteiger partial charge >= 0.3 is 5.97 Å². The molecule has 4 heteroatoms. The number of carbonyl (C=O) groups is 1. The standard InChI is InChI=1S/C11H22N2O2/c1-11(2,3)10(14)15-13-7-5-6-9(8-13)12-4/h9,12H,5-8H2,1-4H3/t9-/m0/s1. The lowest BCUT2D eigenvalue weighted by Crippen LogP contribution is -2.46. The van der Waals surface area contributed by atoms with Crippen molar-refractivity contribution in [3.05, 3.63) is 0 Å². The van der Waals surface area contributed by atoms with E-state index in [1.165, 1.54) is 0 Å². The Morgan fingerprint density at radius 1 is 1.47 bits per heavy atom. The summed E-state index contributed by atoms with van der Waals surface area (Å²) in [4.78, 5) is 17.0. The number of carbonyl (C=O) groups excluding carboxylic acids is 1. The summed E-state index contributed by atoms with van der Waals surface area (Å²) in [5, 5.41) is 4.99. The summed E-state index contributed by atoms with van der Waals surface area (Å²) >= 11 is 0. The topological polar surface area (TPSA) is 41.6 Å². The molecule has 0 bridgehead atoms. The van der Waals surface area contributed by atoms with Gasteiger partial charge < -0.3 is 10.2 Å². The Balaban J connectivity index is 2.41. The molecule has 1 heterocycles. The van der Waals surface area contributed by atoms with Crippen molar-refractivity contribution >= 4 is 5.97 Å². The third-order valence-corrected chi connectivity index (χ3v) is 2.62. The van der Waals surface area contributed by atoms with Crippen molar-refractivity contribution in [1.82, 2.24) is 10.4 Å². The highest BCUT2D eigenvalue weighted by atomic mass is 16.7. The van der Waals surface area contributed by atoms with Crippen LogP contribution in [0.4, 0.5) is 0 Å². The van der Waals surface area contributed by atoms with E-state index in [-0.39, 0.29) is 5.97 Å². The molecule has 0 radical (unpaired) electrons. The van der Waals surface area contributed by atoms with Gasteiger partial charge in [0.05, 0.1) is 12.0 Å². The van der Waals surface area contributed by atoms with E-state index >= 15 is 0 Å². The van der Waals surface area contributed by atoms with Gasteiger partial charge in [0.15, 0.2) is 0 Å². The number of piperidine rings is 1. The van der Waals surface area contributed by atoms with Crippen molar-refractivity contribution < 1.29 is 9.63 Å².